The molecule has 0 aromatic carbocycles. The fourth-order valence-electron chi connectivity index (χ4n) is 1.27. The average Bonchev–Trinajstić information content (AvgIpc) is 2.28. The minimum Gasteiger partial charge on any atom is -0.392 e. The van der Waals surface area contributed by atoms with Crippen LogP contribution in [0.15, 0.2) is 0 Å². The molecule has 4 nitrogen and oxygen atoms in total. The topological polar surface area (TPSA) is 47.3 Å². The quantitative estimate of drug-likeness (QED) is 0.712. The Labute approximate surface area is 71.8 Å². The number of nitrogens with zero attached hydrogens (tertiary/aromatic N) is 2. The van der Waals surface area contributed by atoms with Crippen molar-refractivity contribution >= 4 is 0 Å². The standard InChI is InChI=1S/C8H14N2O2/c1-6-7(4-11)8(5-12-3)10(2)9-6/h11H,4-5H2,1-3H3. The Bertz CT molecular complexity index is 268. The van der Waals surface area contributed by atoms with Gasteiger partial charge < -0.3 is 9.84 Å². The van der Waals surface area contributed by atoms with E-state index < -0.39 is 0 Å². The monoisotopic (exact) mass is 170 g/mol. The van der Waals surface area contributed by atoms with Crippen LogP contribution in [0.2, 0.25) is 0 Å². The van der Waals surface area contributed by atoms with Gasteiger partial charge in [0.25, 0.3) is 0 Å². The first-order chi connectivity index (χ1) is 5.70. The molecule has 1 N–H and O–H groups in total. The molecule has 0 amide bonds. The zero-order valence-corrected chi connectivity index (χ0v) is 7.66. The molecule has 0 aliphatic carbocycles. The lowest BCUT2D eigenvalue weighted by Crippen LogP contribution is -2.01. The van der Waals surface area contributed by atoms with Crippen LogP contribution in [0.1, 0.15) is 17.0 Å². The smallest absolute Gasteiger partial charge is 0.0884 e. The number of ether oxygens (including phenoxy) is 1. The van der Waals surface area contributed by atoms with Crippen molar-refractivity contribution < 1.29 is 9.84 Å². The number of methoxy groups -OCH3 is 1. The number of hydrogen-bond donors (Lipinski definition) is 1. The Morgan fingerprint density at radius 3 is 2.75 bits per heavy atom. The molecule has 1 rings (SSSR count). The first-order valence-electron chi connectivity index (χ1n) is 3.81. The Morgan fingerprint density at radius 1 is 1.58 bits per heavy atom. The molecule has 1 aromatic rings. The fourth-order valence-corrected chi connectivity index (χ4v) is 1.27. The van der Waals surface area contributed by atoms with E-state index >= 15 is 0 Å². The van der Waals surface area contributed by atoms with E-state index in [1.165, 1.54) is 0 Å². The van der Waals surface area contributed by atoms with E-state index in [1.807, 2.05) is 14.0 Å². The molecule has 0 saturated carbocycles. The molecular formula is C8H14N2O2. The van der Waals surface area contributed by atoms with Gasteiger partial charge in [-0.1, -0.05) is 0 Å². The fraction of sp³-hybridized carbons (Fsp3) is 0.625. The Morgan fingerprint density at radius 2 is 2.25 bits per heavy atom. The third-order valence-corrected chi connectivity index (χ3v) is 1.91. The average molecular weight is 170 g/mol. The summed E-state index contributed by atoms with van der Waals surface area (Å²) >= 11 is 0. The van der Waals surface area contributed by atoms with E-state index in [2.05, 4.69) is 5.10 Å². The van der Waals surface area contributed by atoms with Gasteiger partial charge in [-0.3, -0.25) is 4.68 Å². The summed E-state index contributed by atoms with van der Waals surface area (Å²) in [5.41, 5.74) is 2.68. The van der Waals surface area contributed by atoms with Crippen LogP contribution in [0.25, 0.3) is 0 Å². The molecule has 0 bridgehead atoms. The van der Waals surface area contributed by atoms with Crippen LogP contribution >= 0.6 is 0 Å². The lowest BCUT2D eigenvalue weighted by Gasteiger charge is -2.02. The van der Waals surface area contributed by atoms with Crippen LogP contribution < -0.4 is 0 Å². The molecule has 0 saturated heterocycles. The number of hydrogen-bond acceptors (Lipinski definition) is 3. The molecular weight excluding hydrogens is 156 g/mol. The lowest BCUT2D eigenvalue weighted by atomic mass is 10.2. The number of aryl methyl sites for hydroxylation is 2. The van der Waals surface area contributed by atoms with Gasteiger partial charge in [0.05, 0.1) is 24.6 Å². The molecule has 0 aliphatic rings. The third kappa shape index (κ3) is 1.49. The Balaban J connectivity index is 3.04. The maximum Gasteiger partial charge on any atom is 0.0884 e. The van der Waals surface area contributed by atoms with Crippen LogP contribution in [0.5, 0.6) is 0 Å². The van der Waals surface area contributed by atoms with Gasteiger partial charge in [-0.2, -0.15) is 5.10 Å². The summed E-state index contributed by atoms with van der Waals surface area (Å²) in [5.74, 6) is 0. The van der Waals surface area contributed by atoms with Gasteiger partial charge in [0.2, 0.25) is 0 Å². The van der Waals surface area contributed by atoms with E-state index in [4.69, 9.17) is 9.84 Å². The van der Waals surface area contributed by atoms with Crippen LogP contribution in [-0.4, -0.2) is 22.0 Å². The van der Waals surface area contributed by atoms with Crippen molar-refractivity contribution in [2.45, 2.75) is 20.1 Å². The molecule has 0 radical (unpaired) electrons. The summed E-state index contributed by atoms with van der Waals surface area (Å²) in [4.78, 5) is 0. The van der Waals surface area contributed by atoms with E-state index in [1.54, 1.807) is 11.8 Å². The Hall–Kier alpha value is -0.870. The summed E-state index contributed by atoms with van der Waals surface area (Å²) in [7, 11) is 3.48. The lowest BCUT2D eigenvalue weighted by molar-refractivity contribution is 0.174. The first-order valence-corrected chi connectivity index (χ1v) is 3.81. The second kappa shape index (κ2) is 3.69. The largest absolute Gasteiger partial charge is 0.392 e. The van der Waals surface area contributed by atoms with Crippen molar-refractivity contribution in [2.24, 2.45) is 7.05 Å². The highest BCUT2D eigenvalue weighted by Crippen LogP contribution is 2.13. The van der Waals surface area contributed by atoms with Crippen molar-refractivity contribution in [3.8, 4) is 0 Å². The molecule has 0 fully saturated rings. The van der Waals surface area contributed by atoms with Gasteiger partial charge in [-0.15, -0.1) is 0 Å². The van der Waals surface area contributed by atoms with Crippen LogP contribution in [0.3, 0.4) is 0 Å². The van der Waals surface area contributed by atoms with E-state index in [-0.39, 0.29) is 6.61 Å². The van der Waals surface area contributed by atoms with E-state index in [0.29, 0.717) is 6.61 Å². The SMILES string of the molecule is COCc1c(CO)c(C)nn1C. The van der Waals surface area contributed by atoms with Gasteiger partial charge in [-0.05, 0) is 6.92 Å². The second-order valence-corrected chi connectivity index (χ2v) is 2.73. The molecule has 1 heterocycles. The van der Waals surface area contributed by atoms with E-state index in [0.717, 1.165) is 17.0 Å². The molecule has 0 atom stereocenters. The van der Waals surface area contributed by atoms with Gasteiger partial charge in [0.15, 0.2) is 0 Å². The number of aliphatic hydroxyl groups excluding tert-OH is 1. The zero-order chi connectivity index (χ0) is 9.14. The zero-order valence-electron chi connectivity index (χ0n) is 7.66. The first kappa shape index (κ1) is 9.22. The summed E-state index contributed by atoms with van der Waals surface area (Å²) in [6.45, 7) is 2.40. The normalized spacial score (nSPS) is 10.7. The molecule has 0 aliphatic heterocycles. The van der Waals surface area contributed by atoms with Gasteiger partial charge in [0, 0.05) is 19.7 Å². The summed E-state index contributed by atoms with van der Waals surface area (Å²) < 4.78 is 6.73. The van der Waals surface area contributed by atoms with Gasteiger partial charge >= 0.3 is 0 Å². The van der Waals surface area contributed by atoms with Crippen LogP contribution in [0, 0.1) is 6.92 Å². The number of rotatable bonds is 3. The highest BCUT2D eigenvalue weighted by atomic mass is 16.5. The summed E-state index contributed by atoms with van der Waals surface area (Å²) in [5, 5.41) is 13.2. The number of aromatic nitrogens is 2. The second-order valence-electron chi connectivity index (χ2n) is 2.73. The molecule has 4 heteroatoms. The van der Waals surface area contributed by atoms with E-state index in [9.17, 15) is 0 Å². The van der Waals surface area contributed by atoms with Crippen molar-refractivity contribution in [3.05, 3.63) is 17.0 Å². The molecule has 0 unspecified atom stereocenters. The number of aliphatic hydroxyl groups is 1. The maximum atomic E-state index is 9.03. The molecule has 0 spiro atoms. The third-order valence-electron chi connectivity index (χ3n) is 1.91. The van der Waals surface area contributed by atoms with Gasteiger partial charge in [-0.25, -0.2) is 0 Å². The Kier molecular flexibility index (Phi) is 2.83. The van der Waals surface area contributed by atoms with Crippen LogP contribution in [0.4, 0.5) is 0 Å². The van der Waals surface area contributed by atoms with Gasteiger partial charge in [0.1, 0.15) is 0 Å². The summed E-state index contributed by atoms with van der Waals surface area (Å²) in [6.07, 6.45) is 0. The molecule has 68 valence electrons. The van der Waals surface area contributed by atoms with Crippen molar-refractivity contribution in [2.75, 3.05) is 7.11 Å². The minimum atomic E-state index is 0.0262. The van der Waals surface area contributed by atoms with Crippen LogP contribution in [-0.2, 0) is 25.0 Å². The molecule has 1 aromatic heterocycles. The highest BCUT2D eigenvalue weighted by Gasteiger charge is 2.10. The van der Waals surface area contributed by atoms with Crippen molar-refractivity contribution in [1.29, 1.82) is 0 Å². The van der Waals surface area contributed by atoms with Crippen molar-refractivity contribution in [1.82, 2.24) is 9.78 Å². The maximum absolute atomic E-state index is 9.03. The molecule has 12 heavy (non-hydrogen) atoms. The minimum absolute atomic E-state index is 0.0262. The predicted molar refractivity (Wildman–Crippen MR) is 44.6 cm³/mol. The predicted octanol–water partition coefficient (Wildman–Crippen LogP) is 0.367. The van der Waals surface area contributed by atoms with Crippen molar-refractivity contribution in [3.63, 3.8) is 0 Å². The highest BCUT2D eigenvalue weighted by molar-refractivity contribution is 5.23. The summed E-state index contributed by atoms with van der Waals surface area (Å²) in [6, 6.07) is 0.